The molecule has 4 heterocycles. The first kappa shape index (κ1) is 28.9. The van der Waals surface area contributed by atoms with Gasteiger partial charge in [0.15, 0.2) is 0 Å². The summed E-state index contributed by atoms with van der Waals surface area (Å²) in [4.78, 5) is 38.7. The van der Waals surface area contributed by atoms with E-state index < -0.39 is 24.0 Å². The van der Waals surface area contributed by atoms with Crippen molar-refractivity contribution in [1.29, 1.82) is 0 Å². The van der Waals surface area contributed by atoms with Crippen LogP contribution in [0.15, 0.2) is 30.3 Å². The molecule has 2 N–H and O–H groups in total. The molecule has 1 aromatic carbocycles. The number of likely N-dealkylation sites (tertiary alicyclic amines) is 2. The summed E-state index contributed by atoms with van der Waals surface area (Å²) >= 11 is 0. The summed E-state index contributed by atoms with van der Waals surface area (Å²) in [5.41, 5.74) is 2.18. The molecule has 4 aliphatic rings. The van der Waals surface area contributed by atoms with Gasteiger partial charge in [-0.05, 0) is 49.7 Å². The van der Waals surface area contributed by atoms with Gasteiger partial charge in [-0.25, -0.2) is 9.97 Å². The number of aliphatic hydroxyl groups excluding tert-OH is 1. The Morgan fingerprint density at radius 1 is 0.929 bits per heavy atom. The predicted molar refractivity (Wildman–Crippen MR) is 148 cm³/mol. The average molecular weight is 587 g/mol. The molecule has 0 bridgehead atoms. The van der Waals surface area contributed by atoms with Crippen LogP contribution in [0.1, 0.15) is 66.0 Å². The molecule has 226 valence electrons. The third kappa shape index (κ3) is 6.10. The van der Waals surface area contributed by atoms with E-state index in [-0.39, 0.29) is 42.0 Å². The summed E-state index contributed by atoms with van der Waals surface area (Å²) in [7, 11) is 0. The number of piperidine rings is 2. The number of aliphatic hydroxyl groups is 1. The van der Waals surface area contributed by atoms with Crippen LogP contribution in [0, 0.1) is 5.92 Å². The lowest BCUT2D eigenvalue weighted by molar-refractivity contribution is -0.145. The number of fused-ring (bicyclic) bond motifs is 1. The normalized spacial score (nSPS) is 24.2. The van der Waals surface area contributed by atoms with E-state index in [1.165, 1.54) is 22.1 Å². The Bertz CT molecular complexity index is 1310. The van der Waals surface area contributed by atoms with Gasteiger partial charge in [-0.3, -0.25) is 14.5 Å². The molecule has 0 spiro atoms. The van der Waals surface area contributed by atoms with Crippen LogP contribution in [0.5, 0.6) is 0 Å². The Kier molecular flexibility index (Phi) is 8.10. The van der Waals surface area contributed by atoms with E-state index in [4.69, 9.17) is 0 Å². The van der Waals surface area contributed by atoms with Crippen molar-refractivity contribution in [2.75, 3.05) is 38.0 Å². The van der Waals surface area contributed by atoms with Crippen molar-refractivity contribution < 1.29 is 27.9 Å². The van der Waals surface area contributed by atoms with Crippen LogP contribution >= 0.6 is 0 Å². The van der Waals surface area contributed by atoms with Crippen molar-refractivity contribution in [2.45, 2.75) is 75.9 Å². The monoisotopic (exact) mass is 586 g/mol. The molecule has 1 aliphatic carbocycles. The van der Waals surface area contributed by atoms with E-state index in [1.54, 1.807) is 0 Å². The molecule has 1 aromatic heterocycles. The van der Waals surface area contributed by atoms with Crippen LogP contribution in [0.3, 0.4) is 0 Å². The number of aromatic nitrogens is 2. The number of carbonyl (C=O) groups is 2. The number of β-amino-alcohol motifs (C(OH)–C–C–N with tert-alkyl or cyclic N) is 1. The highest BCUT2D eigenvalue weighted by Crippen LogP contribution is 2.31. The molecule has 3 aliphatic heterocycles. The summed E-state index contributed by atoms with van der Waals surface area (Å²) in [6, 6.07) is 9.17. The lowest BCUT2D eigenvalue weighted by atomic mass is 9.84. The molecule has 0 radical (unpaired) electrons. The van der Waals surface area contributed by atoms with Crippen molar-refractivity contribution in [3.8, 4) is 0 Å². The summed E-state index contributed by atoms with van der Waals surface area (Å²) in [6.45, 7) is 2.91. The number of alkyl halides is 3. The second kappa shape index (κ2) is 11.8. The third-order valence-corrected chi connectivity index (χ3v) is 9.27. The Labute approximate surface area is 243 Å². The van der Waals surface area contributed by atoms with Gasteiger partial charge in [0, 0.05) is 63.3 Å². The van der Waals surface area contributed by atoms with Gasteiger partial charge in [0.25, 0.3) is 5.91 Å². The largest absolute Gasteiger partial charge is 0.451 e. The number of rotatable bonds is 5. The van der Waals surface area contributed by atoms with Crippen molar-refractivity contribution >= 4 is 17.6 Å². The van der Waals surface area contributed by atoms with Gasteiger partial charge >= 0.3 is 6.18 Å². The van der Waals surface area contributed by atoms with Crippen molar-refractivity contribution in [3.63, 3.8) is 0 Å². The zero-order valence-electron chi connectivity index (χ0n) is 23.5. The molecule has 3 fully saturated rings. The smallest absolute Gasteiger partial charge is 0.390 e. The quantitative estimate of drug-likeness (QED) is 0.554. The standard InChI is InChI=1S/C30H37F3N6O3/c31-30(32,33)29-35-23(16-26(36-29)34-22-9-13-37(14-10-22)27(41)20-6-3-7-20)28(42)39-15-11-24(25(40)18-39)38-12-8-19-4-1-2-5-21(19)17-38/h1-2,4-5,16,20,22,24-25,40H,3,6-15,17-18H2,(H,34,35,36)/t24-,25-/m1/s1. The molecular weight excluding hydrogens is 549 g/mol. The first-order chi connectivity index (χ1) is 20.2. The summed E-state index contributed by atoms with van der Waals surface area (Å²) in [5.74, 6) is -1.82. The molecule has 9 nitrogen and oxygen atoms in total. The molecule has 0 unspecified atom stereocenters. The number of amides is 2. The molecule has 2 aromatic rings. The van der Waals surface area contributed by atoms with Crippen LogP contribution in [-0.2, 0) is 23.9 Å². The van der Waals surface area contributed by atoms with E-state index in [1.807, 2.05) is 17.0 Å². The van der Waals surface area contributed by atoms with Crippen molar-refractivity contribution in [3.05, 3.63) is 53.0 Å². The number of hydrogen-bond donors (Lipinski definition) is 2. The number of carbonyl (C=O) groups excluding carboxylic acids is 2. The fourth-order valence-corrected chi connectivity index (χ4v) is 6.62. The number of hydrogen-bond acceptors (Lipinski definition) is 7. The van der Waals surface area contributed by atoms with Gasteiger partial charge in [-0.15, -0.1) is 0 Å². The highest BCUT2D eigenvalue weighted by atomic mass is 19.4. The minimum atomic E-state index is -4.83. The SMILES string of the molecule is O=C(c1cc(NC2CCN(C(=O)C3CCC3)CC2)nc(C(F)(F)F)n1)N1CC[C@@H](N2CCc3ccccc3C2)[C@H](O)C1. The van der Waals surface area contributed by atoms with Crippen LogP contribution < -0.4 is 5.32 Å². The van der Waals surface area contributed by atoms with Crippen LogP contribution in [0.4, 0.5) is 19.0 Å². The van der Waals surface area contributed by atoms with Crippen LogP contribution in [-0.4, -0.2) is 92.5 Å². The minimum Gasteiger partial charge on any atom is -0.390 e. The molecule has 42 heavy (non-hydrogen) atoms. The number of halogens is 3. The molecule has 2 amide bonds. The molecule has 6 rings (SSSR count). The molecular formula is C30H37F3N6O3. The highest BCUT2D eigenvalue weighted by Gasteiger charge is 2.39. The van der Waals surface area contributed by atoms with Gasteiger partial charge in [0.1, 0.15) is 11.5 Å². The van der Waals surface area contributed by atoms with Gasteiger partial charge in [-0.2, -0.15) is 13.2 Å². The Balaban J connectivity index is 1.10. The highest BCUT2D eigenvalue weighted by molar-refractivity contribution is 5.93. The molecule has 12 heteroatoms. The second-order valence-electron chi connectivity index (χ2n) is 12.0. The lowest BCUT2D eigenvalue weighted by Crippen LogP contribution is -2.56. The maximum absolute atomic E-state index is 13.7. The first-order valence-corrected chi connectivity index (χ1v) is 15.0. The molecule has 2 saturated heterocycles. The van der Waals surface area contributed by atoms with E-state index >= 15 is 0 Å². The van der Waals surface area contributed by atoms with Crippen LogP contribution in [0.25, 0.3) is 0 Å². The first-order valence-electron chi connectivity index (χ1n) is 15.0. The number of anilines is 1. The van der Waals surface area contributed by atoms with E-state index in [0.717, 1.165) is 38.8 Å². The minimum absolute atomic E-state index is 0.0171. The fraction of sp³-hybridized carbons (Fsp3) is 0.600. The van der Waals surface area contributed by atoms with Crippen molar-refractivity contribution in [2.24, 2.45) is 5.92 Å². The maximum atomic E-state index is 13.7. The maximum Gasteiger partial charge on any atom is 0.451 e. The summed E-state index contributed by atoms with van der Waals surface area (Å²) < 4.78 is 41.2. The zero-order valence-corrected chi connectivity index (χ0v) is 23.5. The summed E-state index contributed by atoms with van der Waals surface area (Å²) in [6.07, 6.45) is -0.182. The van der Waals surface area contributed by atoms with Gasteiger partial charge < -0.3 is 20.2 Å². The third-order valence-electron chi connectivity index (χ3n) is 9.27. The molecule has 1 saturated carbocycles. The second-order valence-corrected chi connectivity index (χ2v) is 12.0. The number of benzene rings is 1. The van der Waals surface area contributed by atoms with E-state index in [0.29, 0.717) is 38.9 Å². The number of nitrogens with one attached hydrogen (secondary N) is 1. The lowest BCUT2D eigenvalue weighted by Gasteiger charge is -2.43. The molecule has 2 atom stereocenters. The Morgan fingerprint density at radius 3 is 2.31 bits per heavy atom. The van der Waals surface area contributed by atoms with E-state index in [9.17, 15) is 27.9 Å². The number of nitrogens with zero attached hydrogens (tertiary/aromatic N) is 5. The topological polar surface area (TPSA) is 102 Å². The van der Waals surface area contributed by atoms with Gasteiger partial charge in [0.2, 0.25) is 11.7 Å². The Hall–Kier alpha value is -3.25. The van der Waals surface area contributed by atoms with Crippen LogP contribution in [0.2, 0.25) is 0 Å². The predicted octanol–water partition coefficient (Wildman–Crippen LogP) is 3.33. The summed E-state index contributed by atoms with van der Waals surface area (Å²) in [5, 5.41) is 14.1. The average Bonchev–Trinajstić information content (AvgIpc) is 2.95. The Morgan fingerprint density at radius 2 is 1.64 bits per heavy atom. The van der Waals surface area contributed by atoms with Gasteiger partial charge in [-0.1, -0.05) is 30.7 Å². The van der Waals surface area contributed by atoms with Gasteiger partial charge in [0.05, 0.1) is 6.10 Å². The fourth-order valence-electron chi connectivity index (χ4n) is 6.62. The van der Waals surface area contributed by atoms with Crippen molar-refractivity contribution in [1.82, 2.24) is 24.7 Å². The van der Waals surface area contributed by atoms with E-state index in [2.05, 4.69) is 32.3 Å². The zero-order chi connectivity index (χ0) is 29.4.